The van der Waals surface area contributed by atoms with Crippen LogP contribution in [0.25, 0.3) is 0 Å². The van der Waals surface area contributed by atoms with Crippen LogP contribution >= 0.6 is 0 Å². The Labute approximate surface area is 93.0 Å². The number of anilines is 1. The van der Waals surface area contributed by atoms with E-state index >= 15 is 0 Å². The minimum absolute atomic E-state index is 0.358. The normalized spacial score (nSPS) is 18.5. The van der Waals surface area contributed by atoms with Gasteiger partial charge < -0.3 is 10.4 Å². The first-order valence-electron chi connectivity index (χ1n) is 4.62. The molecule has 0 bridgehead atoms. The summed E-state index contributed by atoms with van der Waals surface area (Å²) in [7, 11) is 0. The maximum atomic E-state index is 13.3. The summed E-state index contributed by atoms with van der Waals surface area (Å²) in [5.41, 5.74) is -0.980. The average Bonchev–Trinajstić information content (AvgIpc) is 2.27. The molecule has 1 aromatic carbocycles. The first-order valence-corrected chi connectivity index (χ1v) is 4.62. The zero-order valence-electron chi connectivity index (χ0n) is 8.26. The predicted octanol–water partition coefficient (Wildman–Crippen LogP) is 1.41. The number of Topliss-reactive ketones (excluding diaryl/α,β-unsaturated/α-hetero) is 1. The molecule has 0 radical (unpaired) electrons. The number of fused-ring (bicyclic) bond motifs is 1. The molecule has 7 heteroatoms. The standard InChI is InChI=1S/C10H6F3NO3/c11-5-1-3-8(7(13)6(5)12)14-2-4(9(3)15)10(16)17/h1,4,14H,2H2,(H,16,17). The van der Waals surface area contributed by atoms with Crippen molar-refractivity contribution in [1.82, 2.24) is 0 Å². The van der Waals surface area contributed by atoms with Crippen molar-refractivity contribution >= 4 is 17.4 Å². The summed E-state index contributed by atoms with van der Waals surface area (Å²) >= 11 is 0. The summed E-state index contributed by atoms with van der Waals surface area (Å²) in [6.45, 7) is -0.358. The van der Waals surface area contributed by atoms with Gasteiger partial charge in [0.05, 0.1) is 5.69 Å². The molecule has 2 rings (SSSR count). The Balaban J connectivity index is 2.58. The summed E-state index contributed by atoms with van der Waals surface area (Å²) in [5, 5.41) is 11.0. The lowest BCUT2D eigenvalue weighted by Crippen LogP contribution is -2.36. The van der Waals surface area contributed by atoms with Crippen molar-refractivity contribution in [2.45, 2.75) is 0 Å². The van der Waals surface area contributed by atoms with E-state index < -0.39 is 46.4 Å². The van der Waals surface area contributed by atoms with Crippen LogP contribution in [0, 0.1) is 23.4 Å². The van der Waals surface area contributed by atoms with Gasteiger partial charge in [0.1, 0.15) is 5.92 Å². The van der Waals surface area contributed by atoms with Gasteiger partial charge >= 0.3 is 5.97 Å². The van der Waals surface area contributed by atoms with Gasteiger partial charge in [-0.3, -0.25) is 9.59 Å². The van der Waals surface area contributed by atoms with Crippen LogP contribution in [0.15, 0.2) is 6.07 Å². The summed E-state index contributed by atoms with van der Waals surface area (Å²) < 4.78 is 39.1. The molecule has 0 saturated heterocycles. The van der Waals surface area contributed by atoms with E-state index in [-0.39, 0.29) is 6.54 Å². The molecular formula is C10H6F3NO3. The van der Waals surface area contributed by atoms with Gasteiger partial charge in [-0.15, -0.1) is 0 Å². The highest BCUT2D eigenvalue weighted by molar-refractivity contribution is 6.13. The number of benzene rings is 1. The fraction of sp³-hybridized carbons (Fsp3) is 0.200. The summed E-state index contributed by atoms with van der Waals surface area (Å²) in [6, 6.07) is 0.498. The topological polar surface area (TPSA) is 66.4 Å². The smallest absolute Gasteiger partial charge is 0.316 e. The second kappa shape index (κ2) is 3.76. The number of ketones is 1. The third-order valence-electron chi connectivity index (χ3n) is 2.53. The van der Waals surface area contributed by atoms with E-state index in [9.17, 15) is 22.8 Å². The van der Waals surface area contributed by atoms with E-state index in [0.29, 0.717) is 6.07 Å². The first kappa shape index (κ1) is 11.4. The zero-order chi connectivity index (χ0) is 12.7. The maximum Gasteiger partial charge on any atom is 0.316 e. The Morgan fingerprint density at radius 2 is 2.00 bits per heavy atom. The third-order valence-corrected chi connectivity index (χ3v) is 2.53. The molecular weight excluding hydrogens is 239 g/mol. The minimum atomic E-state index is -1.70. The van der Waals surface area contributed by atoms with Gasteiger partial charge in [0.25, 0.3) is 0 Å². The second-order valence-corrected chi connectivity index (χ2v) is 3.54. The number of halogens is 3. The largest absolute Gasteiger partial charge is 0.481 e. The molecule has 4 nitrogen and oxygen atoms in total. The monoisotopic (exact) mass is 245 g/mol. The van der Waals surface area contributed by atoms with E-state index in [1.165, 1.54) is 0 Å². The minimum Gasteiger partial charge on any atom is -0.481 e. The van der Waals surface area contributed by atoms with Crippen LogP contribution < -0.4 is 5.32 Å². The van der Waals surface area contributed by atoms with Crippen LogP contribution in [0.1, 0.15) is 10.4 Å². The van der Waals surface area contributed by atoms with Crippen LogP contribution in [-0.2, 0) is 4.79 Å². The Bertz CT molecular complexity index is 530. The number of carbonyl (C=O) groups is 2. The molecule has 0 spiro atoms. The summed E-state index contributed by atoms with van der Waals surface area (Å²) in [5.74, 6) is -8.51. The van der Waals surface area contributed by atoms with Gasteiger partial charge in [0.15, 0.2) is 23.2 Å². The summed E-state index contributed by atoms with van der Waals surface area (Å²) in [6.07, 6.45) is 0. The van der Waals surface area contributed by atoms with Crippen molar-refractivity contribution in [3.63, 3.8) is 0 Å². The highest BCUT2D eigenvalue weighted by atomic mass is 19.2. The first-order chi connectivity index (χ1) is 7.93. The van der Waals surface area contributed by atoms with Gasteiger partial charge in [-0.05, 0) is 6.07 Å². The molecule has 17 heavy (non-hydrogen) atoms. The number of hydrogen-bond acceptors (Lipinski definition) is 3. The van der Waals surface area contributed by atoms with Crippen molar-refractivity contribution in [2.75, 3.05) is 11.9 Å². The SMILES string of the molecule is O=C(O)C1CNc2c(cc(F)c(F)c2F)C1=O. The quantitative estimate of drug-likeness (QED) is 0.580. The number of carbonyl (C=O) groups excluding carboxylic acids is 1. The second-order valence-electron chi connectivity index (χ2n) is 3.54. The zero-order valence-corrected chi connectivity index (χ0v) is 8.26. The third kappa shape index (κ3) is 1.63. The molecule has 0 aromatic heterocycles. The van der Waals surface area contributed by atoms with Gasteiger partial charge in [0.2, 0.25) is 0 Å². The molecule has 1 aromatic rings. The Kier molecular flexibility index (Phi) is 2.53. The fourth-order valence-electron chi connectivity index (χ4n) is 1.65. The van der Waals surface area contributed by atoms with Crippen LogP contribution in [0.2, 0.25) is 0 Å². The summed E-state index contributed by atoms with van der Waals surface area (Å²) in [4.78, 5) is 22.3. The average molecular weight is 245 g/mol. The number of aliphatic carboxylic acids is 1. The lowest BCUT2D eigenvalue weighted by Gasteiger charge is -2.22. The van der Waals surface area contributed by atoms with Crippen LogP contribution in [0.4, 0.5) is 18.9 Å². The van der Waals surface area contributed by atoms with Gasteiger partial charge in [-0.25, -0.2) is 13.2 Å². The molecule has 0 fully saturated rings. The molecule has 0 aliphatic carbocycles. The number of nitrogens with one attached hydrogen (secondary N) is 1. The Morgan fingerprint density at radius 3 is 2.59 bits per heavy atom. The van der Waals surface area contributed by atoms with Crippen molar-refractivity contribution in [1.29, 1.82) is 0 Å². The van der Waals surface area contributed by atoms with E-state index in [1.54, 1.807) is 0 Å². The van der Waals surface area contributed by atoms with Crippen LogP contribution in [-0.4, -0.2) is 23.4 Å². The van der Waals surface area contributed by atoms with Crippen molar-refractivity contribution < 1.29 is 27.9 Å². The lowest BCUT2D eigenvalue weighted by molar-refractivity contribution is -0.139. The Hall–Kier alpha value is -2.05. The highest BCUT2D eigenvalue weighted by Crippen LogP contribution is 2.30. The molecule has 90 valence electrons. The van der Waals surface area contributed by atoms with E-state index in [1.807, 2.05) is 0 Å². The van der Waals surface area contributed by atoms with Crippen molar-refractivity contribution in [3.8, 4) is 0 Å². The Morgan fingerprint density at radius 1 is 1.35 bits per heavy atom. The van der Waals surface area contributed by atoms with Crippen LogP contribution in [0.3, 0.4) is 0 Å². The molecule has 1 atom stereocenters. The molecule has 1 heterocycles. The van der Waals surface area contributed by atoms with Gasteiger partial charge in [-0.1, -0.05) is 0 Å². The number of rotatable bonds is 1. The van der Waals surface area contributed by atoms with Gasteiger partial charge in [0, 0.05) is 12.1 Å². The molecule has 1 unspecified atom stereocenters. The predicted molar refractivity (Wildman–Crippen MR) is 50.3 cm³/mol. The molecule has 0 amide bonds. The number of carboxylic acid groups (broad SMARTS) is 1. The highest BCUT2D eigenvalue weighted by Gasteiger charge is 2.35. The fourth-order valence-corrected chi connectivity index (χ4v) is 1.65. The van der Waals surface area contributed by atoms with E-state index in [4.69, 9.17) is 5.11 Å². The lowest BCUT2D eigenvalue weighted by atomic mass is 9.92. The van der Waals surface area contributed by atoms with E-state index in [2.05, 4.69) is 5.32 Å². The molecule has 2 N–H and O–H groups in total. The number of hydrogen-bond donors (Lipinski definition) is 2. The van der Waals surface area contributed by atoms with Gasteiger partial charge in [-0.2, -0.15) is 0 Å². The van der Waals surface area contributed by atoms with E-state index in [0.717, 1.165) is 0 Å². The van der Waals surface area contributed by atoms with Crippen molar-refractivity contribution in [3.05, 3.63) is 29.1 Å². The molecule has 1 aliphatic heterocycles. The van der Waals surface area contributed by atoms with Crippen molar-refractivity contribution in [2.24, 2.45) is 5.92 Å². The maximum absolute atomic E-state index is 13.3. The molecule has 1 aliphatic rings. The van der Waals surface area contributed by atoms with Crippen LogP contribution in [0.5, 0.6) is 0 Å². The number of carboxylic acids is 1. The molecule has 0 saturated carbocycles.